The molecule has 2 aliphatic heterocycles. The maximum absolute atomic E-state index is 13.2. The molecule has 35 heavy (non-hydrogen) atoms. The smallest absolute Gasteiger partial charge is 0.475 e. The number of fused-ring (bicyclic) bond motifs is 2. The van der Waals surface area contributed by atoms with Crippen LogP contribution in [0, 0.1) is 5.92 Å². The molecular weight excluding hydrogens is 463 g/mol. The third kappa shape index (κ3) is 5.47. The third-order valence-corrected chi connectivity index (χ3v) is 6.82. The number of pyridine rings is 1. The van der Waals surface area contributed by atoms with Gasteiger partial charge in [0.1, 0.15) is 0 Å². The minimum absolute atomic E-state index is 0.139. The number of halogens is 3. The number of piperidine rings is 1. The Hall–Kier alpha value is -3.43. The number of carbonyl (C=O) groups is 3. The van der Waals surface area contributed by atoms with Crippen molar-refractivity contribution in [3.8, 4) is 0 Å². The van der Waals surface area contributed by atoms with Gasteiger partial charge in [0, 0.05) is 48.9 Å². The molecule has 0 radical (unpaired) electrons. The van der Waals surface area contributed by atoms with E-state index >= 15 is 0 Å². The molecule has 1 spiro atoms. The fourth-order valence-electron chi connectivity index (χ4n) is 4.81. The molecule has 1 aromatic heterocycles. The number of carboxylic acid groups (broad SMARTS) is 1. The number of hydrogen-bond donors (Lipinski definition) is 1. The van der Waals surface area contributed by atoms with E-state index in [2.05, 4.69) is 23.2 Å². The van der Waals surface area contributed by atoms with E-state index in [0.717, 1.165) is 50.0 Å². The number of aromatic nitrogens is 1. The molecule has 7 nitrogen and oxygen atoms in total. The molecule has 0 atom stereocenters. The first-order chi connectivity index (χ1) is 16.6. The second kappa shape index (κ2) is 9.67. The Bertz CT molecular complexity index is 1090. The van der Waals surface area contributed by atoms with Crippen LogP contribution in [0.4, 0.5) is 18.9 Å². The van der Waals surface area contributed by atoms with Crippen LogP contribution in [0.15, 0.2) is 48.8 Å². The van der Waals surface area contributed by atoms with Gasteiger partial charge in [-0.15, -0.1) is 0 Å². The molecule has 2 aromatic rings. The molecule has 1 aliphatic carbocycles. The summed E-state index contributed by atoms with van der Waals surface area (Å²) in [5.74, 6) is -2.00. The first-order valence-corrected chi connectivity index (χ1v) is 11.5. The largest absolute Gasteiger partial charge is 0.490 e. The highest BCUT2D eigenvalue weighted by Gasteiger charge is 2.46. The van der Waals surface area contributed by atoms with Gasteiger partial charge in [0.15, 0.2) is 0 Å². The number of benzene rings is 1. The predicted molar refractivity (Wildman–Crippen MR) is 120 cm³/mol. The van der Waals surface area contributed by atoms with Gasteiger partial charge >= 0.3 is 12.1 Å². The van der Waals surface area contributed by atoms with Crippen LogP contribution in [0.2, 0.25) is 0 Å². The molecule has 2 amide bonds. The second-order valence-electron chi connectivity index (χ2n) is 9.22. The van der Waals surface area contributed by atoms with Gasteiger partial charge in [-0.05, 0) is 48.9 Å². The number of anilines is 1. The standard InChI is InChI=1S/C23H25N3O2.C2HF3O2/c27-21-14-23(9-12-25(13-10-23)22(28)18-7-8-18)19-5-1-2-6-20(19)26(21)16-17-4-3-11-24-15-17;3-2(4,5)1(6)7/h1-6,11,15,18H,7-10,12-14,16H2;(H,6,7). The van der Waals surface area contributed by atoms with Gasteiger partial charge in [0.05, 0.1) is 6.54 Å². The number of likely N-dealkylation sites (tertiary alicyclic amines) is 1. The first-order valence-electron chi connectivity index (χ1n) is 11.5. The van der Waals surface area contributed by atoms with Crippen molar-refractivity contribution < 1.29 is 32.7 Å². The highest BCUT2D eigenvalue weighted by atomic mass is 19.4. The van der Waals surface area contributed by atoms with Crippen molar-refractivity contribution in [1.82, 2.24) is 9.88 Å². The Morgan fingerprint density at radius 3 is 2.31 bits per heavy atom. The molecule has 1 N–H and O–H groups in total. The zero-order valence-electron chi connectivity index (χ0n) is 19.0. The third-order valence-electron chi connectivity index (χ3n) is 6.82. The van der Waals surface area contributed by atoms with Gasteiger partial charge in [-0.2, -0.15) is 13.2 Å². The van der Waals surface area contributed by atoms with Gasteiger partial charge in [-0.3, -0.25) is 14.6 Å². The van der Waals surface area contributed by atoms with Gasteiger partial charge in [-0.25, -0.2) is 4.79 Å². The SMILES string of the molecule is O=C(C1CC1)N1CCC2(CC1)CC(=O)N(Cc1cccnc1)c1ccccc12.O=C(O)C(F)(F)F. The minimum Gasteiger partial charge on any atom is -0.475 e. The molecule has 1 saturated carbocycles. The van der Waals surface area contributed by atoms with Gasteiger partial charge in [-0.1, -0.05) is 24.3 Å². The molecule has 2 fully saturated rings. The van der Waals surface area contributed by atoms with Crippen molar-refractivity contribution in [2.45, 2.75) is 50.2 Å². The molecular formula is C25H26F3N3O4. The molecule has 3 aliphatic rings. The van der Waals surface area contributed by atoms with Crippen LogP contribution in [0.5, 0.6) is 0 Å². The lowest BCUT2D eigenvalue weighted by Gasteiger charge is -2.47. The van der Waals surface area contributed by atoms with Gasteiger partial charge in [0.25, 0.3) is 0 Å². The van der Waals surface area contributed by atoms with Crippen LogP contribution < -0.4 is 4.90 Å². The zero-order chi connectivity index (χ0) is 25.2. The van der Waals surface area contributed by atoms with Crippen molar-refractivity contribution in [1.29, 1.82) is 0 Å². The van der Waals surface area contributed by atoms with Crippen LogP contribution in [-0.2, 0) is 26.3 Å². The fraction of sp³-hybridized carbons (Fsp3) is 0.440. The van der Waals surface area contributed by atoms with Crippen LogP contribution >= 0.6 is 0 Å². The van der Waals surface area contributed by atoms with E-state index in [1.54, 1.807) is 6.20 Å². The van der Waals surface area contributed by atoms with Crippen LogP contribution in [-0.4, -0.2) is 52.0 Å². The van der Waals surface area contributed by atoms with E-state index < -0.39 is 12.1 Å². The van der Waals surface area contributed by atoms with Crippen molar-refractivity contribution in [3.63, 3.8) is 0 Å². The average Bonchev–Trinajstić information content (AvgIpc) is 3.68. The summed E-state index contributed by atoms with van der Waals surface area (Å²) in [5.41, 5.74) is 3.17. The maximum Gasteiger partial charge on any atom is 0.490 e. The molecule has 3 heterocycles. The van der Waals surface area contributed by atoms with Crippen molar-refractivity contribution >= 4 is 23.5 Å². The highest BCUT2D eigenvalue weighted by molar-refractivity contribution is 5.98. The maximum atomic E-state index is 13.2. The lowest BCUT2D eigenvalue weighted by molar-refractivity contribution is -0.192. The Balaban J connectivity index is 0.000000364. The number of alkyl halides is 3. The summed E-state index contributed by atoms with van der Waals surface area (Å²) in [6, 6.07) is 12.2. The van der Waals surface area contributed by atoms with E-state index in [9.17, 15) is 22.8 Å². The number of rotatable bonds is 3. The summed E-state index contributed by atoms with van der Waals surface area (Å²) < 4.78 is 31.7. The Labute approximate surface area is 200 Å². The number of para-hydroxylation sites is 1. The lowest BCUT2D eigenvalue weighted by atomic mass is 9.67. The van der Waals surface area contributed by atoms with Crippen molar-refractivity contribution in [2.75, 3.05) is 18.0 Å². The second-order valence-corrected chi connectivity index (χ2v) is 9.22. The molecule has 1 saturated heterocycles. The quantitative estimate of drug-likeness (QED) is 0.706. The monoisotopic (exact) mass is 489 g/mol. The molecule has 0 unspecified atom stereocenters. The summed E-state index contributed by atoms with van der Waals surface area (Å²) in [4.78, 5) is 42.6. The first kappa shape index (κ1) is 24.7. The predicted octanol–water partition coefficient (Wildman–Crippen LogP) is 3.92. The lowest BCUT2D eigenvalue weighted by Crippen LogP contribution is -2.51. The highest BCUT2D eigenvalue weighted by Crippen LogP contribution is 2.47. The molecule has 1 aromatic carbocycles. The number of aliphatic carboxylic acids is 1. The van der Waals surface area contributed by atoms with Crippen molar-refractivity contribution in [2.24, 2.45) is 5.92 Å². The summed E-state index contributed by atoms with van der Waals surface area (Å²) >= 11 is 0. The minimum atomic E-state index is -5.08. The summed E-state index contributed by atoms with van der Waals surface area (Å²) in [5, 5.41) is 7.12. The number of carbonyl (C=O) groups excluding carboxylic acids is 2. The van der Waals surface area contributed by atoms with Crippen molar-refractivity contribution in [3.05, 3.63) is 59.9 Å². The Morgan fingerprint density at radius 2 is 1.74 bits per heavy atom. The average molecular weight is 489 g/mol. The van der Waals surface area contributed by atoms with Crippen LogP contribution in [0.25, 0.3) is 0 Å². The van der Waals surface area contributed by atoms with E-state index in [-0.39, 0.29) is 17.2 Å². The van der Waals surface area contributed by atoms with E-state index in [0.29, 0.717) is 18.9 Å². The van der Waals surface area contributed by atoms with Crippen LogP contribution in [0.3, 0.4) is 0 Å². The zero-order valence-corrected chi connectivity index (χ0v) is 19.0. The number of amides is 2. The Morgan fingerprint density at radius 1 is 1.09 bits per heavy atom. The van der Waals surface area contributed by atoms with Crippen LogP contribution in [0.1, 0.15) is 43.2 Å². The summed E-state index contributed by atoms with van der Waals surface area (Å²) in [6.07, 6.45) is 2.85. The van der Waals surface area contributed by atoms with E-state index in [1.165, 1.54) is 5.56 Å². The van der Waals surface area contributed by atoms with Gasteiger partial charge < -0.3 is 14.9 Å². The fourth-order valence-corrected chi connectivity index (χ4v) is 4.81. The summed E-state index contributed by atoms with van der Waals surface area (Å²) in [7, 11) is 0. The van der Waals surface area contributed by atoms with E-state index in [1.807, 2.05) is 34.2 Å². The van der Waals surface area contributed by atoms with E-state index in [4.69, 9.17) is 9.90 Å². The normalized spacial score (nSPS) is 19.0. The molecule has 5 rings (SSSR count). The molecule has 186 valence electrons. The molecule has 0 bridgehead atoms. The number of hydrogen-bond acceptors (Lipinski definition) is 4. The number of nitrogens with zero attached hydrogens (tertiary/aromatic N) is 3. The van der Waals surface area contributed by atoms with Gasteiger partial charge in [0.2, 0.25) is 11.8 Å². The summed E-state index contributed by atoms with van der Waals surface area (Å²) in [6.45, 7) is 2.07. The Kier molecular flexibility index (Phi) is 6.82. The topological polar surface area (TPSA) is 90.8 Å². The molecule has 10 heteroatoms. The number of carboxylic acids is 1.